The van der Waals surface area contributed by atoms with Gasteiger partial charge in [-0.2, -0.15) is 0 Å². The Bertz CT molecular complexity index is 769. The van der Waals surface area contributed by atoms with E-state index in [1.165, 1.54) is 16.6 Å². The maximum absolute atomic E-state index is 5.90. The Balaban J connectivity index is 2.34. The van der Waals surface area contributed by atoms with Crippen LogP contribution in [0, 0.1) is 13.8 Å². The summed E-state index contributed by atoms with van der Waals surface area (Å²) >= 11 is 0. The molecule has 3 aromatic rings. The number of benzene rings is 2. The van der Waals surface area contributed by atoms with Crippen LogP contribution in [0.5, 0.6) is 0 Å². The molecule has 0 saturated carbocycles. The van der Waals surface area contributed by atoms with E-state index < -0.39 is 0 Å². The summed E-state index contributed by atoms with van der Waals surface area (Å²) in [6.07, 6.45) is 0. The van der Waals surface area contributed by atoms with Gasteiger partial charge in [-0.15, -0.1) is 0 Å². The fourth-order valence-corrected chi connectivity index (χ4v) is 2.59. The summed E-state index contributed by atoms with van der Waals surface area (Å²) < 4.78 is 2.15. The number of nitrogens with two attached hydrogens (primary N) is 1. The zero-order valence-electron chi connectivity index (χ0n) is 11.4. The molecule has 0 atom stereocenters. The van der Waals surface area contributed by atoms with E-state index in [9.17, 15) is 0 Å². The van der Waals surface area contributed by atoms with Crippen LogP contribution < -0.4 is 5.73 Å². The normalized spacial score (nSPS) is 11.1. The van der Waals surface area contributed by atoms with Crippen molar-refractivity contribution in [2.45, 2.75) is 13.8 Å². The number of hydrogen-bond donors (Lipinski definition) is 1. The fraction of sp³-hybridized carbons (Fsp3) is 0.188. The first-order valence-electron chi connectivity index (χ1n) is 6.36. The van der Waals surface area contributed by atoms with Crippen molar-refractivity contribution < 1.29 is 0 Å². The Hall–Kier alpha value is -2.29. The van der Waals surface area contributed by atoms with Crippen molar-refractivity contribution in [1.29, 1.82) is 0 Å². The van der Waals surface area contributed by atoms with E-state index in [0.29, 0.717) is 0 Å². The van der Waals surface area contributed by atoms with Crippen LogP contribution in [0.3, 0.4) is 0 Å². The first kappa shape index (κ1) is 11.8. The number of para-hydroxylation sites is 1. The molecular formula is C16H17N3. The SMILES string of the molecule is Cc1ccc(N)cc1-c1nc2cccc(C)c2n1C. The van der Waals surface area contributed by atoms with Gasteiger partial charge in [0.1, 0.15) is 5.82 Å². The lowest BCUT2D eigenvalue weighted by Crippen LogP contribution is -1.96. The Morgan fingerprint density at radius 1 is 1.05 bits per heavy atom. The lowest BCUT2D eigenvalue weighted by molar-refractivity contribution is 0.953. The summed E-state index contributed by atoms with van der Waals surface area (Å²) in [6.45, 7) is 4.20. The molecule has 3 heteroatoms. The van der Waals surface area contributed by atoms with E-state index in [0.717, 1.165) is 22.6 Å². The van der Waals surface area contributed by atoms with Gasteiger partial charge in [-0.25, -0.2) is 4.98 Å². The molecular weight excluding hydrogens is 234 g/mol. The highest BCUT2D eigenvalue weighted by Gasteiger charge is 2.13. The van der Waals surface area contributed by atoms with Crippen molar-refractivity contribution in [3.05, 3.63) is 47.5 Å². The second kappa shape index (κ2) is 4.12. The largest absolute Gasteiger partial charge is 0.399 e. The summed E-state index contributed by atoms with van der Waals surface area (Å²) in [5.74, 6) is 0.967. The molecule has 3 rings (SSSR count). The van der Waals surface area contributed by atoms with Gasteiger partial charge in [0.15, 0.2) is 0 Å². The van der Waals surface area contributed by atoms with Crippen molar-refractivity contribution in [2.75, 3.05) is 5.73 Å². The number of nitrogen functional groups attached to an aromatic ring is 1. The van der Waals surface area contributed by atoms with Crippen LogP contribution in [0.25, 0.3) is 22.4 Å². The zero-order valence-corrected chi connectivity index (χ0v) is 11.4. The third-order valence-corrected chi connectivity index (χ3v) is 3.60. The number of imidazole rings is 1. The van der Waals surface area contributed by atoms with Gasteiger partial charge in [0, 0.05) is 18.3 Å². The van der Waals surface area contributed by atoms with Crippen molar-refractivity contribution in [1.82, 2.24) is 9.55 Å². The van der Waals surface area contributed by atoms with Crippen LogP contribution >= 0.6 is 0 Å². The van der Waals surface area contributed by atoms with Crippen molar-refractivity contribution in [3.63, 3.8) is 0 Å². The minimum atomic E-state index is 0.768. The molecule has 0 aliphatic heterocycles. The van der Waals surface area contributed by atoms with Crippen LogP contribution in [0.15, 0.2) is 36.4 Å². The van der Waals surface area contributed by atoms with Gasteiger partial charge >= 0.3 is 0 Å². The highest BCUT2D eigenvalue weighted by molar-refractivity contribution is 5.84. The van der Waals surface area contributed by atoms with Gasteiger partial charge in [-0.05, 0) is 43.2 Å². The summed E-state index contributed by atoms with van der Waals surface area (Å²) in [4.78, 5) is 4.75. The molecule has 0 saturated heterocycles. The number of aryl methyl sites for hydroxylation is 3. The number of aromatic nitrogens is 2. The molecule has 2 aromatic carbocycles. The molecule has 0 spiro atoms. The number of rotatable bonds is 1. The minimum absolute atomic E-state index is 0.768. The van der Waals surface area contributed by atoms with Crippen molar-refractivity contribution in [2.24, 2.45) is 7.05 Å². The average Bonchev–Trinajstić information content (AvgIpc) is 2.71. The monoisotopic (exact) mass is 251 g/mol. The highest BCUT2D eigenvalue weighted by Crippen LogP contribution is 2.29. The van der Waals surface area contributed by atoms with Crippen LogP contribution in [-0.4, -0.2) is 9.55 Å². The van der Waals surface area contributed by atoms with Crippen LogP contribution in [0.2, 0.25) is 0 Å². The van der Waals surface area contributed by atoms with Crippen LogP contribution in [-0.2, 0) is 7.05 Å². The molecule has 0 aliphatic carbocycles. The van der Waals surface area contributed by atoms with E-state index in [2.05, 4.69) is 31.5 Å². The van der Waals surface area contributed by atoms with Gasteiger partial charge in [-0.3, -0.25) is 0 Å². The van der Waals surface area contributed by atoms with E-state index in [1.54, 1.807) is 0 Å². The van der Waals surface area contributed by atoms with Crippen molar-refractivity contribution >= 4 is 16.7 Å². The Morgan fingerprint density at radius 2 is 1.84 bits per heavy atom. The molecule has 1 aromatic heterocycles. The predicted molar refractivity (Wildman–Crippen MR) is 80.0 cm³/mol. The molecule has 0 aliphatic rings. The molecule has 2 N–H and O–H groups in total. The number of nitrogens with zero attached hydrogens (tertiary/aromatic N) is 2. The average molecular weight is 251 g/mol. The smallest absolute Gasteiger partial charge is 0.141 e. The lowest BCUT2D eigenvalue weighted by Gasteiger charge is -2.07. The predicted octanol–water partition coefficient (Wildman–Crippen LogP) is 3.44. The molecule has 0 amide bonds. The summed E-state index contributed by atoms with van der Waals surface area (Å²) in [7, 11) is 2.06. The number of hydrogen-bond acceptors (Lipinski definition) is 2. The second-order valence-corrected chi connectivity index (χ2v) is 5.01. The van der Waals surface area contributed by atoms with E-state index in [1.807, 2.05) is 30.3 Å². The maximum atomic E-state index is 5.90. The first-order chi connectivity index (χ1) is 9.08. The van der Waals surface area contributed by atoms with E-state index in [4.69, 9.17) is 10.7 Å². The van der Waals surface area contributed by atoms with Crippen LogP contribution in [0.4, 0.5) is 5.69 Å². The van der Waals surface area contributed by atoms with Gasteiger partial charge in [0.25, 0.3) is 0 Å². The van der Waals surface area contributed by atoms with E-state index >= 15 is 0 Å². The number of anilines is 1. The highest BCUT2D eigenvalue weighted by atomic mass is 15.1. The molecule has 3 nitrogen and oxygen atoms in total. The molecule has 0 radical (unpaired) electrons. The van der Waals surface area contributed by atoms with Crippen molar-refractivity contribution in [3.8, 4) is 11.4 Å². The van der Waals surface area contributed by atoms with Crippen LogP contribution in [0.1, 0.15) is 11.1 Å². The summed E-state index contributed by atoms with van der Waals surface area (Å²) in [5.41, 5.74) is 12.4. The molecule has 1 heterocycles. The molecule has 0 bridgehead atoms. The molecule has 96 valence electrons. The third-order valence-electron chi connectivity index (χ3n) is 3.60. The minimum Gasteiger partial charge on any atom is -0.399 e. The molecule has 0 fully saturated rings. The van der Waals surface area contributed by atoms with Gasteiger partial charge < -0.3 is 10.3 Å². The van der Waals surface area contributed by atoms with Gasteiger partial charge in [0.05, 0.1) is 11.0 Å². The standard InChI is InChI=1S/C16H17N3/c1-10-7-8-12(17)9-13(10)16-18-14-6-4-5-11(2)15(14)19(16)3/h4-9H,17H2,1-3H3. The number of fused-ring (bicyclic) bond motifs is 1. The zero-order chi connectivity index (χ0) is 13.6. The fourth-order valence-electron chi connectivity index (χ4n) is 2.59. The van der Waals surface area contributed by atoms with Gasteiger partial charge in [-0.1, -0.05) is 18.2 Å². The quantitative estimate of drug-likeness (QED) is 0.673. The first-order valence-corrected chi connectivity index (χ1v) is 6.36. The Labute approximate surface area is 112 Å². The lowest BCUT2D eigenvalue weighted by atomic mass is 10.1. The Kier molecular flexibility index (Phi) is 2.56. The molecule has 19 heavy (non-hydrogen) atoms. The Morgan fingerprint density at radius 3 is 2.58 bits per heavy atom. The second-order valence-electron chi connectivity index (χ2n) is 5.01. The maximum Gasteiger partial charge on any atom is 0.141 e. The van der Waals surface area contributed by atoms with Gasteiger partial charge in [0.2, 0.25) is 0 Å². The molecule has 0 unspecified atom stereocenters. The van der Waals surface area contributed by atoms with E-state index in [-0.39, 0.29) is 0 Å². The third kappa shape index (κ3) is 1.78. The summed E-state index contributed by atoms with van der Waals surface area (Å²) in [5, 5.41) is 0. The summed E-state index contributed by atoms with van der Waals surface area (Å²) in [6, 6.07) is 12.2. The topological polar surface area (TPSA) is 43.8 Å².